The minimum Gasteiger partial charge on any atom is -0.298 e. The Hall–Kier alpha value is -0.380. The van der Waals surface area contributed by atoms with E-state index in [2.05, 4.69) is 63.8 Å². The Morgan fingerprint density at radius 3 is 2.28 bits per heavy atom. The lowest BCUT2D eigenvalue weighted by Crippen LogP contribution is -2.48. The van der Waals surface area contributed by atoms with Crippen molar-refractivity contribution in [2.45, 2.75) is 32.9 Å². The van der Waals surface area contributed by atoms with Gasteiger partial charge in [-0.15, -0.1) is 0 Å². The van der Waals surface area contributed by atoms with Gasteiger partial charge in [0.05, 0.1) is 0 Å². The molecule has 1 aromatic rings. The molecule has 1 atom stereocenters. The van der Waals surface area contributed by atoms with E-state index in [9.17, 15) is 0 Å². The second-order valence-electron chi connectivity index (χ2n) is 5.20. The summed E-state index contributed by atoms with van der Waals surface area (Å²) < 4.78 is 1.16. The second-order valence-corrected chi connectivity index (χ2v) is 6.11. The number of piperazine rings is 1. The molecule has 3 heteroatoms. The summed E-state index contributed by atoms with van der Waals surface area (Å²) in [4.78, 5) is 5.17. The van der Waals surface area contributed by atoms with Gasteiger partial charge in [-0.05, 0) is 31.0 Å². The Balaban J connectivity index is 1.81. The standard InChI is InChI=1S/C15H23BrN2/c1-3-13(2)18-10-8-17(9-11-18)12-14-4-6-15(16)7-5-14/h4-7,13H,3,8-12H2,1-2H3/t13-/m0/s1. The van der Waals surface area contributed by atoms with Gasteiger partial charge in [0.25, 0.3) is 0 Å². The van der Waals surface area contributed by atoms with Gasteiger partial charge in [-0.3, -0.25) is 9.80 Å². The van der Waals surface area contributed by atoms with Crippen LogP contribution in [0.15, 0.2) is 28.7 Å². The molecule has 0 amide bonds. The summed E-state index contributed by atoms with van der Waals surface area (Å²) in [6.07, 6.45) is 1.26. The number of rotatable bonds is 4. The van der Waals surface area contributed by atoms with Gasteiger partial charge >= 0.3 is 0 Å². The smallest absolute Gasteiger partial charge is 0.0234 e. The van der Waals surface area contributed by atoms with Gasteiger partial charge in [0.15, 0.2) is 0 Å². The number of hydrogen-bond acceptors (Lipinski definition) is 2. The van der Waals surface area contributed by atoms with Crippen molar-refractivity contribution in [2.75, 3.05) is 26.2 Å². The lowest BCUT2D eigenvalue weighted by atomic mass is 10.1. The minimum absolute atomic E-state index is 0.736. The van der Waals surface area contributed by atoms with E-state index in [0.717, 1.165) is 17.1 Å². The van der Waals surface area contributed by atoms with E-state index in [1.54, 1.807) is 0 Å². The summed E-state index contributed by atoms with van der Waals surface area (Å²) in [5, 5.41) is 0. The fraction of sp³-hybridized carbons (Fsp3) is 0.600. The van der Waals surface area contributed by atoms with Gasteiger partial charge in [-0.2, -0.15) is 0 Å². The van der Waals surface area contributed by atoms with E-state index in [0.29, 0.717) is 0 Å². The highest BCUT2D eigenvalue weighted by Gasteiger charge is 2.19. The van der Waals surface area contributed by atoms with E-state index in [1.165, 1.54) is 38.2 Å². The molecular weight excluding hydrogens is 288 g/mol. The molecule has 1 saturated heterocycles. The molecule has 2 rings (SSSR count). The Kier molecular flexibility index (Phi) is 5.22. The van der Waals surface area contributed by atoms with Gasteiger partial charge in [0, 0.05) is 43.2 Å². The molecule has 0 unspecified atom stereocenters. The first-order chi connectivity index (χ1) is 8.69. The van der Waals surface area contributed by atoms with Crippen molar-refractivity contribution >= 4 is 15.9 Å². The van der Waals surface area contributed by atoms with Crippen LogP contribution in [0.1, 0.15) is 25.8 Å². The summed E-state index contributed by atoms with van der Waals surface area (Å²) in [6.45, 7) is 10.5. The first-order valence-electron chi connectivity index (χ1n) is 6.90. The average Bonchev–Trinajstić information content (AvgIpc) is 2.41. The van der Waals surface area contributed by atoms with Crippen molar-refractivity contribution < 1.29 is 0 Å². The molecule has 1 fully saturated rings. The zero-order chi connectivity index (χ0) is 13.0. The fourth-order valence-corrected chi connectivity index (χ4v) is 2.73. The summed E-state index contributed by atoms with van der Waals surface area (Å²) in [5.41, 5.74) is 1.41. The molecule has 0 N–H and O–H groups in total. The van der Waals surface area contributed by atoms with Crippen LogP contribution >= 0.6 is 15.9 Å². The largest absolute Gasteiger partial charge is 0.298 e. The van der Waals surface area contributed by atoms with Crippen molar-refractivity contribution in [1.29, 1.82) is 0 Å². The number of benzene rings is 1. The normalized spacial score (nSPS) is 19.9. The molecule has 0 spiro atoms. The molecule has 0 aliphatic carbocycles. The minimum atomic E-state index is 0.736. The average molecular weight is 311 g/mol. The monoisotopic (exact) mass is 310 g/mol. The van der Waals surface area contributed by atoms with Crippen LogP contribution in [-0.4, -0.2) is 42.0 Å². The van der Waals surface area contributed by atoms with Gasteiger partial charge in [-0.25, -0.2) is 0 Å². The first-order valence-corrected chi connectivity index (χ1v) is 7.69. The zero-order valence-corrected chi connectivity index (χ0v) is 13.0. The second kappa shape index (κ2) is 6.69. The van der Waals surface area contributed by atoms with Gasteiger partial charge < -0.3 is 0 Å². The topological polar surface area (TPSA) is 6.48 Å². The van der Waals surface area contributed by atoms with Crippen LogP contribution in [0.2, 0.25) is 0 Å². The lowest BCUT2D eigenvalue weighted by Gasteiger charge is -2.37. The van der Waals surface area contributed by atoms with Crippen molar-refractivity contribution in [1.82, 2.24) is 9.80 Å². The number of halogens is 1. The molecule has 0 bridgehead atoms. The molecule has 1 aromatic carbocycles. The highest BCUT2D eigenvalue weighted by molar-refractivity contribution is 9.10. The quantitative estimate of drug-likeness (QED) is 0.841. The Morgan fingerprint density at radius 1 is 1.11 bits per heavy atom. The lowest BCUT2D eigenvalue weighted by molar-refractivity contribution is 0.0964. The van der Waals surface area contributed by atoms with E-state index >= 15 is 0 Å². The van der Waals surface area contributed by atoms with E-state index in [-0.39, 0.29) is 0 Å². The predicted molar refractivity (Wildman–Crippen MR) is 80.7 cm³/mol. The van der Waals surface area contributed by atoms with Crippen molar-refractivity contribution in [3.05, 3.63) is 34.3 Å². The maximum Gasteiger partial charge on any atom is 0.0234 e. The van der Waals surface area contributed by atoms with Crippen LogP contribution in [0.3, 0.4) is 0 Å². The molecule has 0 radical (unpaired) electrons. The molecule has 0 saturated carbocycles. The molecule has 100 valence electrons. The maximum absolute atomic E-state index is 3.48. The van der Waals surface area contributed by atoms with Crippen LogP contribution in [0.4, 0.5) is 0 Å². The maximum atomic E-state index is 3.48. The first kappa shape index (κ1) is 14.0. The van der Waals surface area contributed by atoms with E-state index in [1.807, 2.05) is 0 Å². The van der Waals surface area contributed by atoms with Gasteiger partial charge in [-0.1, -0.05) is 35.0 Å². The third kappa shape index (κ3) is 3.81. The zero-order valence-electron chi connectivity index (χ0n) is 11.4. The molecular formula is C15H23BrN2. The Labute approximate surface area is 119 Å². The van der Waals surface area contributed by atoms with Crippen LogP contribution < -0.4 is 0 Å². The van der Waals surface area contributed by atoms with Crippen LogP contribution in [0, 0.1) is 0 Å². The van der Waals surface area contributed by atoms with Crippen molar-refractivity contribution in [2.24, 2.45) is 0 Å². The summed E-state index contributed by atoms with van der Waals surface area (Å²) in [5.74, 6) is 0. The fourth-order valence-electron chi connectivity index (χ4n) is 2.47. The summed E-state index contributed by atoms with van der Waals surface area (Å²) in [7, 11) is 0. The SMILES string of the molecule is CC[C@H](C)N1CCN(Cc2ccc(Br)cc2)CC1. The predicted octanol–water partition coefficient (Wildman–Crippen LogP) is 3.37. The molecule has 2 nitrogen and oxygen atoms in total. The third-order valence-electron chi connectivity index (χ3n) is 3.94. The summed E-state index contributed by atoms with van der Waals surface area (Å²) in [6, 6.07) is 9.42. The highest BCUT2D eigenvalue weighted by Crippen LogP contribution is 2.14. The van der Waals surface area contributed by atoms with E-state index in [4.69, 9.17) is 0 Å². The van der Waals surface area contributed by atoms with Crippen LogP contribution in [0.25, 0.3) is 0 Å². The molecule has 1 heterocycles. The van der Waals surface area contributed by atoms with Gasteiger partial charge in [0.1, 0.15) is 0 Å². The van der Waals surface area contributed by atoms with Crippen molar-refractivity contribution in [3.63, 3.8) is 0 Å². The third-order valence-corrected chi connectivity index (χ3v) is 4.47. The highest BCUT2D eigenvalue weighted by atomic mass is 79.9. The van der Waals surface area contributed by atoms with Crippen molar-refractivity contribution in [3.8, 4) is 0 Å². The molecule has 0 aromatic heterocycles. The number of nitrogens with zero attached hydrogens (tertiary/aromatic N) is 2. The molecule has 1 aliphatic rings. The van der Waals surface area contributed by atoms with E-state index < -0.39 is 0 Å². The molecule has 1 aliphatic heterocycles. The Morgan fingerprint density at radius 2 is 1.72 bits per heavy atom. The van der Waals surface area contributed by atoms with Crippen LogP contribution in [-0.2, 0) is 6.54 Å². The number of hydrogen-bond donors (Lipinski definition) is 0. The summed E-state index contributed by atoms with van der Waals surface area (Å²) >= 11 is 3.48. The van der Waals surface area contributed by atoms with Gasteiger partial charge in [0.2, 0.25) is 0 Å². The Bertz CT molecular complexity index is 355. The molecule has 18 heavy (non-hydrogen) atoms. The van der Waals surface area contributed by atoms with Crippen LogP contribution in [0.5, 0.6) is 0 Å².